The number of amides is 1. The zero-order valence-electron chi connectivity index (χ0n) is 13.2. The fraction of sp³-hybridized carbons (Fsp3) is 0.375. The molecule has 1 fully saturated rings. The molecule has 0 atom stereocenters. The number of anilines is 2. The Balaban J connectivity index is 0.00000144. The average molecular weight is 389 g/mol. The minimum absolute atomic E-state index is 0. The summed E-state index contributed by atoms with van der Waals surface area (Å²) in [5.74, 6) is -0.161. The lowest BCUT2D eigenvalue weighted by Gasteiger charge is -2.21. The van der Waals surface area contributed by atoms with Crippen LogP contribution in [0.25, 0.3) is 0 Å². The Morgan fingerprint density at radius 2 is 1.96 bits per heavy atom. The van der Waals surface area contributed by atoms with Crippen molar-refractivity contribution in [2.24, 2.45) is 5.73 Å². The third-order valence-electron chi connectivity index (χ3n) is 3.74. The zero-order valence-corrected chi connectivity index (χ0v) is 15.7. The van der Waals surface area contributed by atoms with Gasteiger partial charge in [-0.05, 0) is 31.5 Å². The summed E-state index contributed by atoms with van der Waals surface area (Å²) in [5.41, 5.74) is 7.92. The van der Waals surface area contributed by atoms with Crippen molar-refractivity contribution in [1.82, 2.24) is 4.98 Å². The number of nitrogens with two attached hydrogens (primary N) is 1. The lowest BCUT2D eigenvalue weighted by atomic mass is 10.2. The number of para-hydroxylation sites is 2. The maximum atomic E-state index is 12.4. The van der Waals surface area contributed by atoms with Crippen molar-refractivity contribution in [3.8, 4) is 0 Å². The lowest BCUT2D eigenvalue weighted by Crippen LogP contribution is -2.21. The van der Waals surface area contributed by atoms with E-state index in [2.05, 4.69) is 21.3 Å². The van der Waals surface area contributed by atoms with E-state index < -0.39 is 0 Å². The molecule has 0 saturated carbocycles. The second kappa shape index (κ2) is 9.84. The van der Waals surface area contributed by atoms with Gasteiger partial charge in [-0.1, -0.05) is 12.1 Å². The summed E-state index contributed by atoms with van der Waals surface area (Å²) < 4.78 is 0. The van der Waals surface area contributed by atoms with E-state index in [1.165, 1.54) is 24.2 Å². The molecule has 3 rings (SSSR count). The average Bonchev–Trinajstić information content (AvgIpc) is 3.19. The number of rotatable bonds is 5. The number of halogens is 2. The fourth-order valence-electron chi connectivity index (χ4n) is 2.65. The molecule has 8 heteroatoms. The number of thiazole rings is 1. The summed E-state index contributed by atoms with van der Waals surface area (Å²) in [5, 5.41) is 5.69. The van der Waals surface area contributed by atoms with Crippen LogP contribution in [0, 0.1) is 0 Å². The Hall–Kier alpha value is -1.34. The summed E-state index contributed by atoms with van der Waals surface area (Å²) in [6.45, 7) is 2.64. The fourth-order valence-corrected chi connectivity index (χ4v) is 3.45. The topological polar surface area (TPSA) is 71.2 Å². The summed E-state index contributed by atoms with van der Waals surface area (Å²) in [4.78, 5) is 19.0. The first-order valence-corrected chi connectivity index (χ1v) is 8.45. The van der Waals surface area contributed by atoms with Gasteiger partial charge in [0.25, 0.3) is 5.91 Å². The maximum absolute atomic E-state index is 12.4. The van der Waals surface area contributed by atoms with Crippen LogP contribution in [0.5, 0.6) is 0 Å². The molecule has 0 spiro atoms. The highest BCUT2D eigenvalue weighted by Gasteiger charge is 2.18. The number of nitrogens with one attached hydrogen (secondary N) is 1. The van der Waals surface area contributed by atoms with Gasteiger partial charge < -0.3 is 16.0 Å². The van der Waals surface area contributed by atoms with Crippen molar-refractivity contribution in [3.05, 3.63) is 40.3 Å². The van der Waals surface area contributed by atoms with Gasteiger partial charge in [0.05, 0.1) is 16.4 Å². The second-order valence-electron chi connectivity index (χ2n) is 5.33. The normalized spacial score (nSPS) is 13.1. The number of hydrogen-bond acceptors (Lipinski definition) is 5. The van der Waals surface area contributed by atoms with Crippen molar-refractivity contribution >= 4 is 53.4 Å². The Morgan fingerprint density at radius 3 is 2.67 bits per heavy atom. The van der Waals surface area contributed by atoms with Gasteiger partial charge in [0.2, 0.25) is 0 Å². The standard InChI is InChI=1S/C16H20N4OS.2ClH/c17-8-7-15-18-13(11-22-15)16(21)19-12-5-1-2-6-14(12)20-9-3-4-10-20;;/h1-2,5-6,11H,3-4,7-10,17H2,(H,19,21);2*1H. The first-order valence-electron chi connectivity index (χ1n) is 7.58. The van der Waals surface area contributed by atoms with Gasteiger partial charge in [-0.3, -0.25) is 4.79 Å². The van der Waals surface area contributed by atoms with Crippen molar-refractivity contribution in [1.29, 1.82) is 0 Å². The molecule has 1 saturated heterocycles. The summed E-state index contributed by atoms with van der Waals surface area (Å²) in [6.07, 6.45) is 3.12. The molecule has 0 aliphatic carbocycles. The molecule has 1 aliphatic heterocycles. The smallest absolute Gasteiger partial charge is 0.275 e. The van der Waals surface area contributed by atoms with Gasteiger partial charge >= 0.3 is 0 Å². The monoisotopic (exact) mass is 388 g/mol. The maximum Gasteiger partial charge on any atom is 0.275 e. The van der Waals surface area contributed by atoms with E-state index in [0.29, 0.717) is 18.7 Å². The van der Waals surface area contributed by atoms with Gasteiger partial charge in [0.15, 0.2) is 0 Å². The van der Waals surface area contributed by atoms with Gasteiger partial charge in [-0.25, -0.2) is 4.98 Å². The molecule has 2 heterocycles. The zero-order chi connectivity index (χ0) is 15.4. The molecule has 0 bridgehead atoms. The molecule has 5 nitrogen and oxygen atoms in total. The lowest BCUT2D eigenvalue weighted by molar-refractivity contribution is 0.102. The highest BCUT2D eigenvalue weighted by molar-refractivity contribution is 7.09. The van der Waals surface area contributed by atoms with Crippen LogP contribution >= 0.6 is 36.2 Å². The van der Waals surface area contributed by atoms with E-state index in [4.69, 9.17) is 5.73 Å². The van der Waals surface area contributed by atoms with E-state index in [-0.39, 0.29) is 30.7 Å². The van der Waals surface area contributed by atoms with Gasteiger partial charge in [0.1, 0.15) is 5.69 Å². The highest BCUT2D eigenvalue weighted by Crippen LogP contribution is 2.29. The third-order valence-corrected chi connectivity index (χ3v) is 4.65. The Labute approximate surface area is 158 Å². The highest BCUT2D eigenvalue weighted by atomic mass is 35.5. The Bertz CT molecular complexity index is 659. The van der Waals surface area contributed by atoms with Gasteiger partial charge in [0, 0.05) is 24.9 Å². The van der Waals surface area contributed by atoms with Crippen molar-refractivity contribution in [2.45, 2.75) is 19.3 Å². The number of hydrogen-bond donors (Lipinski definition) is 2. The number of carbonyl (C=O) groups is 1. The molecule has 24 heavy (non-hydrogen) atoms. The third kappa shape index (κ3) is 4.83. The molecule has 0 unspecified atom stereocenters. The molecule has 2 aromatic rings. The minimum Gasteiger partial charge on any atom is -0.370 e. The van der Waals surface area contributed by atoms with Gasteiger partial charge in [-0.15, -0.1) is 36.2 Å². The van der Waals surface area contributed by atoms with Crippen molar-refractivity contribution in [3.63, 3.8) is 0 Å². The number of nitrogens with zero attached hydrogens (tertiary/aromatic N) is 2. The second-order valence-corrected chi connectivity index (χ2v) is 6.27. The van der Waals surface area contributed by atoms with Crippen LogP contribution in [0.15, 0.2) is 29.6 Å². The summed E-state index contributed by atoms with van der Waals surface area (Å²) in [7, 11) is 0. The van der Waals surface area contributed by atoms with E-state index in [1.54, 1.807) is 5.38 Å². The summed E-state index contributed by atoms with van der Waals surface area (Å²) >= 11 is 1.48. The van der Waals surface area contributed by atoms with E-state index in [1.807, 2.05) is 18.2 Å². The minimum atomic E-state index is -0.161. The van der Waals surface area contributed by atoms with Crippen LogP contribution in [0.3, 0.4) is 0 Å². The van der Waals surface area contributed by atoms with Crippen LogP contribution in [0.1, 0.15) is 28.3 Å². The van der Waals surface area contributed by atoms with Crippen molar-refractivity contribution in [2.75, 3.05) is 29.9 Å². The molecular formula is C16H22Cl2N4OS. The number of benzene rings is 1. The molecular weight excluding hydrogens is 367 g/mol. The SMILES string of the molecule is Cl.Cl.NCCc1nc(C(=O)Nc2ccccc2N2CCCC2)cs1. The quantitative estimate of drug-likeness (QED) is 0.823. The van der Waals surface area contributed by atoms with Crippen LogP contribution in [0.2, 0.25) is 0 Å². The predicted octanol–water partition coefficient (Wildman–Crippen LogP) is 3.34. The summed E-state index contributed by atoms with van der Waals surface area (Å²) in [6, 6.07) is 7.95. The van der Waals surface area contributed by atoms with E-state index in [9.17, 15) is 4.79 Å². The predicted molar refractivity (Wildman–Crippen MR) is 105 cm³/mol. The first kappa shape index (κ1) is 20.7. The molecule has 132 valence electrons. The van der Waals surface area contributed by atoms with E-state index >= 15 is 0 Å². The first-order chi connectivity index (χ1) is 10.8. The van der Waals surface area contributed by atoms with Crippen molar-refractivity contribution < 1.29 is 4.79 Å². The van der Waals surface area contributed by atoms with Gasteiger partial charge in [-0.2, -0.15) is 0 Å². The molecule has 3 N–H and O–H groups in total. The molecule has 1 aromatic carbocycles. The molecule has 1 aromatic heterocycles. The molecule has 1 amide bonds. The Morgan fingerprint density at radius 1 is 1.25 bits per heavy atom. The van der Waals surface area contributed by atoms with Crippen LogP contribution in [0.4, 0.5) is 11.4 Å². The molecule has 0 radical (unpaired) electrons. The Kier molecular flexibility index (Phi) is 8.48. The van der Waals surface area contributed by atoms with Crippen LogP contribution in [-0.2, 0) is 6.42 Å². The van der Waals surface area contributed by atoms with E-state index in [0.717, 1.165) is 29.5 Å². The largest absolute Gasteiger partial charge is 0.370 e. The number of carbonyl (C=O) groups excluding carboxylic acids is 1. The van der Waals surface area contributed by atoms with Crippen LogP contribution < -0.4 is 16.0 Å². The molecule has 1 aliphatic rings. The number of aromatic nitrogens is 1. The van der Waals surface area contributed by atoms with Crippen LogP contribution in [-0.4, -0.2) is 30.5 Å².